The molecule has 0 spiro atoms. The summed E-state index contributed by atoms with van der Waals surface area (Å²) in [5.41, 5.74) is 33.5. The van der Waals surface area contributed by atoms with Crippen LogP contribution in [-0.4, -0.2) is 27.1 Å². The van der Waals surface area contributed by atoms with Crippen LogP contribution in [0, 0.1) is 0 Å². The third-order valence-electron chi connectivity index (χ3n) is 24.2. The minimum atomic E-state index is -0.349. The number of para-hydroxylation sites is 9. The average molecular weight is 1410 g/mol. The maximum absolute atomic E-state index is 7.61. The molecule has 4 aromatic heterocycles. The first kappa shape index (κ1) is 62.7. The summed E-state index contributed by atoms with van der Waals surface area (Å²) in [6.45, 7) is 13.5. The van der Waals surface area contributed by atoms with Crippen LogP contribution >= 0.6 is 0 Å². The Balaban J connectivity index is 0.856. The van der Waals surface area contributed by atoms with Crippen molar-refractivity contribution in [3.05, 3.63) is 345 Å². The molecule has 15 aromatic carbocycles. The molecule has 0 amide bonds. The van der Waals surface area contributed by atoms with E-state index in [4.69, 9.17) is 4.42 Å². The number of benzene rings is 15. The quantitative estimate of drug-likeness (QED) is 0.149. The minimum absolute atomic E-state index is 0.113. The van der Waals surface area contributed by atoms with E-state index in [0.29, 0.717) is 0 Å². The van der Waals surface area contributed by atoms with Crippen LogP contribution in [0.4, 0.5) is 68.2 Å². The fraction of sp³-hybridized carbons (Fsp3) is 0.0800. The predicted molar refractivity (Wildman–Crippen MR) is 465 cm³/mol. The number of anilines is 12. The zero-order valence-corrected chi connectivity index (χ0v) is 61.9. The van der Waals surface area contributed by atoms with Gasteiger partial charge in [-0.25, -0.2) is 0 Å². The van der Waals surface area contributed by atoms with Crippen molar-refractivity contribution in [2.24, 2.45) is 0 Å². The van der Waals surface area contributed by atoms with E-state index in [1.165, 1.54) is 71.1 Å². The van der Waals surface area contributed by atoms with Gasteiger partial charge in [0, 0.05) is 106 Å². The highest BCUT2D eigenvalue weighted by atomic mass is 16.3. The van der Waals surface area contributed by atoms with Gasteiger partial charge in [-0.2, -0.15) is 0 Å². The first-order valence-electron chi connectivity index (χ1n) is 38.5. The SMILES string of the molecule is CC(C)(C)c1cccc(N2c3cc(C(C)(C)C)ccc3B3c4cc5c6cc7c(cc6n(-c6ccccc6)c5cc4N(c4ccccc4)c4cc(-n5c6ccccc6c6ccccc65)cc2c43)N(c2ccccc2)c2cc(-n3c4ccccc4c4ccccc43)cc3c2B7c2oc4ccccc4c2N3c2ccccc2)c1. The normalized spacial score (nSPS) is 13.6. The summed E-state index contributed by atoms with van der Waals surface area (Å²) in [7, 11) is 0. The van der Waals surface area contributed by atoms with Crippen molar-refractivity contribution in [3.8, 4) is 17.1 Å². The van der Waals surface area contributed by atoms with Gasteiger partial charge in [-0.05, 0) is 189 Å². The van der Waals surface area contributed by atoms with Crippen LogP contribution in [0.15, 0.2) is 338 Å². The summed E-state index contributed by atoms with van der Waals surface area (Å²) in [4.78, 5) is 10.3. The molecule has 0 fully saturated rings. The number of furan rings is 1. The van der Waals surface area contributed by atoms with Crippen molar-refractivity contribution >= 4 is 191 Å². The van der Waals surface area contributed by atoms with E-state index in [9.17, 15) is 0 Å². The number of aromatic nitrogens is 3. The van der Waals surface area contributed by atoms with Gasteiger partial charge in [-0.15, -0.1) is 0 Å². The number of nitrogens with zero attached hydrogens (tertiary/aromatic N) is 7. The number of hydrogen-bond donors (Lipinski definition) is 0. The molecule has 0 unspecified atom stereocenters. The molecule has 110 heavy (non-hydrogen) atoms. The van der Waals surface area contributed by atoms with Gasteiger partial charge in [-0.3, -0.25) is 0 Å². The topological polar surface area (TPSA) is 40.9 Å². The van der Waals surface area contributed by atoms with E-state index >= 15 is 0 Å². The van der Waals surface area contributed by atoms with E-state index in [1.807, 2.05) is 0 Å². The van der Waals surface area contributed by atoms with Crippen LogP contribution in [0.25, 0.3) is 93.4 Å². The zero-order valence-electron chi connectivity index (χ0n) is 61.9. The zero-order chi connectivity index (χ0) is 73.2. The van der Waals surface area contributed by atoms with Crippen LogP contribution in [0.2, 0.25) is 0 Å². The molecule has 10 heteroatoms. The van der Waals surface area contributed by atoms with Gasteiger partial charge >= 0.3 is 0 Å². The highest BCUT2D eigenvalue weighted by Crippen LogP contribution is 2.53. The van der Waals surface area contributed by atoms with Crippen molar-refractivity contribution in [1.29, 1.82) is 0 Å². The average Bonchev–Trinajstić information content (AvgIpc) is 1.27. The van der Waals surface area contributed by atoms with Gasteiger partial charge in [0.1, 0.15) is 5.58 Å². The van der Waals surface area contributed by atoms with Crippen LogP contribution < -0.4 is 52.6 Å². The van der Waals surface area contributed by atoms with Crippen LogP contribution in [0.3, 0.4) is 0 Å². The van der Waals surface area contributed by atoms with Crippen molar-refractivity contribution in [2.45, 2.75) is 52.4 Å². The lowest BCUT2D eigenvalue weighted by atomic mass is 9.33. The maximum atomic E-state index is 7.61. The molecular weight excluding hydrogens is 1340 g/mol. The molecule has 4 aliphatic rings. The Morgan fingerprint density at radius 1 is 0.236 bits per heavy atom. The van der Waals surface area contributed by atoms with E-state index in [-0.39, 0.29) is 24.3 Å². The molecule has 19 aromatic rings. The van der Waals surface area contributed by atoms with Gasteiger partial charge in [0.15, 0.2) is 0 Å². The van der Waals surface area contributed by atoms with Crippen LogP contribution in [0.1, 0.15) is 52.7 Å². The molecule has 0 saturated carbocycles. The predicted octanol–water partition coefficient (Wildman–Crippen LogP) is 22.5. The fourth-order valence-electron chi connectivity index (χ4n) is 19.3. The summed E-state index contributed by atoms with van der Waals surface area (Å²) in [5.74, 6) is 0. The Kier molecular flexibility index (Phi) is 13.1. The second-order valence-corrected chi connectivity index (χ2v) is 32.4. The van der Waals surface area contributed by atoms with Crippen molar-refractivity contribution in [2.75, 3.05) is 19.6 Å². The molecule has 0 N–H and O–H groups in total. The fourth-order valence-corrected chi connectivity index (χ4v) is 19.3. The van der Waals surface area contributed by atoms with Gasteiger partial charge < -0.3 is 37.7 Å². The third-order valence-corrected chi connectivity index (χ3v) is 24.2. The summed E-state index contributed by atoms with van der Waals surface area (Å²) in [6.07, 6.45) is 0. The third kappa shape index (κ3) is 8.93. The monoisotopic (exact) mass is 1410 g/mol. The van der Waals surface area contributed by atoms with Crippen molar-refractivity contribution in [1.82, 2.24) is 13.7 Å². The highest BCUT2D eigenvalue weighted by Gasteiger charge is 2.49. The molecular formula is C100H73B2N7O. The summed E-state index contributed by atoms with van der Waals surface area (Å²) < 4.78 is 15.2. The lowest BCUT2D eigenvalue weighted by molar-refractivity contribution is 0.590. The van der Waals surface area contributed by atoms with Gasteiger partial charge in [0.05, 0.1) is 55.8 Å². The molecule has 23 rings (SSSR count). The first-order chi connectivity index (χ1) is 53.9. The van der Waals surface area contributed by atoms with Gasteiger partial charge in [-0.1, -0.05) is 236 Å². The molecule has 0 bridgehead atoms. The van der Waals surface area contributed by atoms with Crippen molar-refractivity contribution < 1.29 is 4.42 Å². The van der Waals surface area contributed by atoms with Crippen molar-refractivity contribution in [3.63, 3.8) is 0 Å². The Morgan fingerprint density at radius 3 is 1.08 bits per heavy atom. The molecule has 0 saturated heterocycles. The van der Waals surface area contributed by atoms with E-state index in [1.54, 1.807) is 0 Å². The minimum Gasteiger partial charge on any atom is -0.468 e. The molecule has 520 valence electrons. The smallest absolute Gasteiger partial charge is 0.297 e. The maximum Gasteiger partial charge on any atom is 0.297 e. The first-order valence-corrected chi connectivity index (χ1v) is 38.5. The molecule has 0 aliphatic carbocycles. The van der Waals surface area contributed by atoms with E-state index < -0.39 is 0 Å². The number of hydrogen-bond acceptors (Lipinski definition) is 5. The molecule has 0 radical (unpaired) electrons. The highest BCUT2D eigenvalue weighted by molar-refractivity contribution is 7.01. The Bertz CT molecular complexity index is 6990. The van der Waals surface area contributed by atoms with Crippen LogP contribution in [0.5, 0.6) is 0 Å². The summed E-state index contributed by atoms with van der Waals surface area (Å²) in [6, 6.07) is 126. The second-order valence-electron chi connectivity index (χ2n) is 32.4. The Morgan fingerprint density at radius 2 is 0.600 bits per heavy atom. The molecule has 4 aliphatic heterocycles. The lowest BCUT2D eigenvalue weighted by Gasteiger charge is -2.45. The van der Waals surface area contributed by atoms with E-state index in [0.717, 1.165) is 135 Å². The lowest BCUT2D eigenvalue weighted by Crippen LogP contribution is -2.61. The van der Waals surface area contributed by atoms with Gasteiger partial charge in [0.25, 0.3) is 13.4 Å². The molecule has 8 nitrogen and oxygen atoms in total. The number of fused-ring (bicyclic) bond motifs is 19. The number of rotatable bonds is 7. The van der Waals surface area contributed by atoms with Gasteiger partial charge in [0.2, 0.25) is 0 Å². The van der Waals surface area contributed by atoms with E-state index in [2.05, 4.69) is 408 Å². The van der Waals surface area contributed by atoms with Crippen LogP contribution in [-0.2, 0) is 10.8 Å². The summed E-state index contributed by atoms with van der Waals surface area (Å²) in [5, 5.41) is 8.27. The Hall–Kier alpha value is -13.4. The summed E-state index contributed by atoms with van der Waals surface area (Å²) >= 11 is 0. The Labute approximate surface area is 638 Å². The standard InChI is InChI=1S/C100H73B2N7O/c1-99(2,3)62-30-29-39-68(52-62)106-87-53-63(100(4,5)6)50-51-78(87)101-79-58-76-77-59-80-89(61-86(77)103(64-31-11-7-12-32-64)85(76)60-88(79)104(65-33-13-8-14-34-65)90-54-69(55-91(106)95(90)101)107-81-45-24-19-40-71(81)72-41-20-25-46-82(72)107)105(66-35-15-9-16-36-66)92-56-70(108-83-47-26-21-42-73(83)74-43-22-27-48-84(74)108)57-93-96(92)102(80)98-97(75-44-23-28-49-94(75)110-98)109(93)67-37-17-10-18-38-67/h7-61H,1-6H3. The largest absolute Gasteiger partial charge is 0.468 e. The molecule has 0 atom stereocenters. The second kappa shape index (κ2) is 23.0. The molecule has 8 heterocycles.